The normalized spacial score (nSPS) is 11.0. The van der Waals surface area contributed by atoms with Gasteiger partial charge >= 0.3 is 0 Å². The molecule has 3 heteroatoms. The SMILES string of the molecule is Cc1[nH]cnc1Cc1cccc2cccc(S)c12. The van der Waals surface area contributed by atoms with Crippen molar-refractivity contribution in [3.63, 3.8) is 0 Å². The highest BCUT2D eigenvalue weighted by Gasteiger charge is 2.07. The van der Waals surface area contributed by atoms with E-state index in [2.05, 4.69) is 53.8 Å². The van der Waals surface area contributed by atoms with Crippen LogP contribution in [0.4, 0.5) is 0 Å². The Morgan fingerprint density at radius 3 is 2.67 bits per heavy atom. The fourth-order valence-electron chi connectivity index (χ4n) is 2.29. The highest BCUT2D eigenvalue weighted by molar-refractivity contribution is 7.80. The fraction of sp³-hybridized carbons (Fsp3) is 0.133. The molecule has 0 aliphatic carbocycles. The summed E-state index contributed by atoms with van der Waals surface area (Å²) in [6, 6.07) is 12.6. The van der Waals surface area contributed by atoms with Crippen molar-refractivity contribution in [1.82, 2.24) is 9.97 Å². The van der Waals surface area contributed by atoms with E-state index in [1.807, 2.05) is 12.1 Å². The van der Waals surface area contributed by atoms with Crippen molar-refractivity contribution in [2.75, 3.05) is 0 Å². The van der Waals surface area contributed by atoms with E-state index in [1.165, 1.54) is 16.3 Å². The van der Waals surface area contributed by atoms with Gasteiger partial charge in [0.15, 0.2) is 0 Å². The van der Waals surface area contributed by atoms with Crippen molar-refractivity contribution in [1.29, 1.82) is 0 Å². The second-order valence-electron chi connectivity index (χ2n) is 4.44. The minimum atomic E-state index is 0.838. The number of rotatable bonds is 2. The van der Waals surface area contributed by atoms with E-state index < -0.39 is 0 Å². The number of fused-ring (bicyclic) bond motifs is 1. The smallest absolute Gasteiger partial charge is 0.0925 e. The highest BCUT2D eigenvalue weighted by atomic mass is 32.1. The van der Waals surface area contributed by atoms with Crippen molar-refractivity contribution in [2.24, 2.45) is 0 Å². The summed E-state index contributed by atoms with van der Waals surface area (Å²) in [5.41, 5.74) is 3.50. The topological polar surface area (TPSA) is 28.7 Å². The summed E-state index contributed by atoms with van der Waals surface area (Å²) in [6.07, 6.45) is 2.58. The molecule has 0 atom stereocenters. The number of H-pyrrole nitrogens is 1. The Morgan fingerprint density at radius 1 is 1.17 bits per heavy atom. The molecule has 0 saturated heterocycles. The standard InChI is InChI=1S/C15H14N2S/c1-10-13(17-9-16-10)8-12-6-2-4-11-5-3-7-14(18)15(11)12/h2-7,9,18H,8H2,1H3,(H,16,17). The van der Waals surface area contributed by atoms with Crippen LogP contribution in [0, 0.1) is 6.92 Å². The Balaban J connectivity index is 2.15. The van der Waals surface area contributed by atoms with Gasteiger partial charge in [-0.25, -0.2) is 4.98 Å². The van der Waals surface area contributed by atoms with Crippen LogP contribution >= 0.6 is 12.6 Å². The molecule has 0 bridgehead atoms. The zero-order valence-electron chi connectivity index (χ0n) is 10.1. The molecule has 2 aromatic carbocycles. The molecule has 0 spiro atoms. The van der Waals surface area contributed by atoms with Gasteiger partial charge in [-0.1, -0.05) is 30.3 Å². The van der Waals surface area contributed by atoms with Crippen molar-refractivity contribution in [3.8, 4) is 0 Å². The molecular weight excluding hydrogens is 240 g/mol. The molecule has 0 unspecified atom stereocenters. The molecule has 90 valence electrons. The van der Waals surface area contributed by atoms with E-state index in [-0.39, 0.29) is 0 Å². The Hall–Kier alpha value is -1.74. The van der Waals surface area contributed by atoms with Gasteiger partial charge in [0.25, 0.3) is 0 Å². The number of imidazole rings is 1. The van der Waals surface area contributed by atoms with Gasteiger partial charge in [0.1, 0.15) is 0 Å². The molecule has 3 aromatic rings. The summed E-state index contributed by atoms with van der Waals surface area (Å²) in [5, 5.41) is 2.46. The van der Waals surface area contributed by atoms with Crippen molar-refractivity contribution < 1.29 is 0 Å². The predicted octanol–water partition coefficient (Wildman–Crippen LogP) is 3.75. The lowest BCUT2D eigenvalue weighted by atomic mass is 10.0. The van der Waals surface area contributed by atoms with Crippen LogP contribution in [-0.4, -0.2) is 9.97 Å². The number of nitrogens with one attached hydrogen (secondary N) is 1. The first kappa shape index (κ1) is 11.4. The van der Waals surface area contributed by atoms with Gasteiger partial charge in [0, 0.05) is 17.0 Å². The van der Waals surface area contributed by atoms with E-state index >= 15 is 0 Å². The molecule has 0 amide bonds. The number of nitrogens with zero attached hydrogens (tertiary/aromatic N) is 1. The average Bonchev–Trinajstić information content (AvgIpc) is 2.76. The molecule has 0 saturated carbocycles. The van der Waals surface area contributed by atoms with Crippen LogP contribution in [-0.2, 0) is 6.42 Å². The van der Waals surface area contributed by atoms with Crippen LogP contribution in [0.1, 0.15) is 17.0 Å². The summed E-state index contributed by atoms with van der Waals surface area (Å²) < 4.78 is 0. The van der Waals surface area contributed by atoms with E-state index in [4.69, 9.17) is 0 Å². The van der Waals surface area contributed by atoms with Crippen LogP contribution in [0.5, 0.6) is 0 Å². The van der Waals surface area contributed by atoms with Gasteiger partial charge in [-0.05, 0) is 29.3 Å². The van der Waals surface area contributed by atoms with E-state index in [0.29, 0.717) is 0 Å². The summed E-state index contributed by atoms with van der Waals surface area (Å²) in [7, 11) is 0. The molecule has 0 radical (unpaired) electrons. The van der Waals surface area contributed by atoms with Gasteiger partial charge in [0.05, 0.1) is 12.0 Å². The van der Waals surface area contributed by atoms with Gasteiger partial charge in [-0.15, -0.1) is 12.6 Å². The van der Waals surface area contributed by atoms with Crippen LogP contribution in [0.15, 0.2) is 47.6 Å². The first-order valence-electron chi connectivity index (χ1n) is 5.94. The van der Waals surface area contributed by atoms with Crippen LogP contribution in [0.3, 0.4) is 0 Å². The number of aryl methyl sites for hydroxylation is 1. The first-order valence-corrected chi connectivity index (χ1v) is 6.39. The van der Waals surface area contributed by atoms with Crippen molar-refractivity contribution >= 4 is 23.4 Å². The minimum Gasteiger partial charge on any atom is -0.348 e. The number of aromatic amines is 1. The molecule has 0 fully saturated rings. The Labute approximate surface area is 111 Å². The number of hydrogen-bond acceptors (Lipinski definition) is 2. The van der Waals surface area contributed by atoms with Crippen LogP contribution < -0.4 is 0 Å². The fourth-order valence-corrected chi connectivity index (χ4v) is 2.65. The third kappa shape index (κ3) is 1.91. The second kappa shape index (κ2) is 4.50. The van der Waals surface area contributed by atoms with Gasteiger partial charge in [0.2, 0.25) is 0 Å². The zero-order valence-corrected chi connectivity index (χ0v) is 11.0. The molecule has 0 aliphatic heterocycles. The van der Waals surface area contributed by atoms with Crippen molar-refractivity contribution in [2.45, 2.75) is 18.2 Å². The zero-order chi connectivity index (χ0) is 12.5. The van der Waals surface area contributed by atoms with Crippen LogP contribution in [0.25, 0.3) is 10.8 Å². The molecule has 2 nitrogen and oxygen atoms in total. The lowest BCUT2D eigenvalue weighted by Gasteiger charge is -2.08. The predicted molar refractivity (Wildman–Crippen MR) is 77.3 cm³/mol. The number of benzene rings is 2. The summed E-state index contributed by atoms with van der Waals surface area (Å²) in [5.74, 6) is 0. The first-order chi connectivity index (χ1) is 8.75. The summed E-state index contributed by atoms with van der Waals surface area (Å²) in [4.78, 5) is 8.51. The molecule has 1 heterocycles. The maximum atomic E-state index is 4.57. The summed E-state index contributed by atoms with van der Waals surface area (Å²) in [6.45, 7) is 2.05. The van der Waals surface area contributed by atoms with E-state index in [1.54, 1.807) is 6.33 Å². The Bertz CT molecular complexity index is 695. The minimum absolute atomic E-state index is 0.838. The number of thiol groups is 1. The molecule has 0 aliphatic rings. The van der Waals surface area contributed by atoms with Gasteiger partial charge in [-0.3, -0.25) is 0 Å². The van der Waals surface area contributed by atoms with E-state index in [9.17, 15) is 0 Å². The molecule has 3 rings (SSSR count). The highest BCUT2D eigenvalue weighted by Crippen LogP contribution is 2.27. The Kier molecular flexibility index (Phi) is 2.84. The quantitative estimate of drug-likeness (QED) is 0.670. The average molecular weight is 254 g/mol. The second-order valence-corrected chi connectivity index (χ2v) is 4.93. The maximum Gasteiger partial charge on any atom is 0.0925 e. The third-order valence-electron chi connectivity index (χ3n) is 3.26. The monoisotopic (exact) mass is 254 g/mol. The maximum absolute atomic E-state index is 4.57. The van der Waals surface area contributed by atoms with Gasteiger partial charge in [-0.2, -0.15) is 0 Å². The largest absolute Gasteiger partial charge is 0.348 e. The van der Waals surface area contributed by atoms with E-state index in [0.717, 1.165) is 22.7 Å². The summed E-state index contributed by atoms with van der Waals surface area (Å²) >= 11 is 4.57. The molecular formula is C15H14N2S. The molecule has 1 aromatic heterocycles. The van der Waals surface area contributed by atoms with Crippen LogP contribution in [0.2, 0.25) is 0 Å². The third-order valence-corrected chi connectivity index (χ3v) is 3.63. The molecule has 18 heavy (non-hydrogen) atoms. The van der Waals surface area contributed by atoms with Gasteiger partial charge < -0.3 is 4.98 Å². The number of hydrogen-bond donors (Lipinski definition) is 2. The molecule has 1 N–H and O–H groups in total. The lowest BCUT2D eigenvalue weighted by molar-refractivity contribution is 1.09. The Morgan fingerprint density at radius 2 is 1.94 bits per heavy atom. The lowest BCUT2D eigenvalue weighted by Crippen LogP contribution is -1.93. The van der Waals surface area contributed by atoms with Crippen molar-refractivity contribution in [3.05, 3.63) is 59.7 Å². The number of aromatic nitrogens is 2.